The number of benzene rings is 3. The van der Waals surface area contributed by atoms with E-state index in [-0.39, 0.29) is 12.3 Å². The topological polar surface area (TPSA) is 57.6 Å². The number of aliphatic carboxylic acids is 1. The lowest BCUT2D eigenvalue weighted by molar-refractivity contribution is -0.148. The maximum absolute atomic E-state index is 13.6. The van der Waals surface area contributed by atoms with Gasteiger partial charge in [-0.3, -0.25) is 4.79 Å². The van der Waals surface area contributed by atoms with Crippen molar-refractivity contribution < 1.29 is 14.7 Å². The molecule has 3 aromatic carbocycles. The van der Waals surface area contributed by atoms with E-state index in [4.69, 9.17) is 0 Å². The van der Waals surface area contributed by atoms with Crippen LogP contribution in [0.4, 0.5) is 0 Å². The number of hydrogen-bond acceptors (Lipinski definition) is 2. The van der Waals surface area contributed by atoms with E-state index in [0.717, 1.165) is 23.1 Å². The van der Waals surface area contributed by atoms with Gasteiger partial charge in [-0.1, -0.05) is 91.0 Å². The first-order chi connectivity index (χ1) is 14.6. The number of carbonyl (C=O) groups is 2. The third-order valence-electron chi connectivity index (χ3n) is 6.07. The van der Waals surface area contributed by atoms with Crippen molar-refractivity contribution in [3.05, 3.63) is 108 Å². The van der Waals surface area contributed by atoms with Gasteiger partial charge in [-0.05, 0) is 29.5 Å². The third kappa shape index (κ3) is 3.61. The molecule has 1 N–H and O–H groups in total. The molecule has 3 aromatic rings. The maximum atomic E-state index is 13.6. The van der Waals surface area contributed by atoms with E-state index in [2.05, 4.69) is 0 Å². The summed E-state index contributed by atoms with van der Waals surface area (Å²) < 4.78 is 0. The molecule has 0 aromatic heterocycles. The van der Waals surface area contributed by atoms with Crippen molar-refractivity contribution in [2.45, 2.75) is 30.7 Å². The Balaban J connectivity index is 1.87. The van der Waals surface area contributed by atoms with Gasteiger partial charge >= 0.3 is 5.97 Å². The monoisotopic (exact) mass is 399 g/mol. The standard InChI is InChI=1S/C26H25NO3/c28-24(27-18-10-17-23(27)25(29)30)19-26(20-11-4-1-5-12-20,21-13-6-2-7-14-21)22-15-8-3-9-16-22/h1-9,11-16,23H,10,17-19H2,(H,29,30)/t23-/m0/s1. The fourth-order valence-corrected chi connectivity index (χ4v) is 4.62. The molecule has 0 bridgehead atoms. The molecular weight excluding hydrogens is 374 g/mol. The first kappa shape index (κ1) is 19.9. The Morgan fingerprint density at radius 3 is 1.63 bits per heavy atom. The van der Waals surface area contributed by atoms with E-state index in [1.807, 2.05) is 91.0 Å². The lowest BCUT2D eigenvalue weighted by Crippen LogP contribution is -2.44. The molecule has 4 nitrogen and oxygen atoms in total. The summed E-state index contributed by atoms with van der Waals surface area (Å²) in [6.07, 6.45) is 1.41. The summed E-state index contributed by atoms with van der Waals surface area (Å²) in [4.78, 5) is 26.8. The molecule has 0 aliphatic carbocycles. The molecule has 1 saturated heterocycles. The van der Waals surface area contributed by atoms with Crippen LogP contribution in [0, 0.1) is 0 Å². The fourth-order valence-electron chi connectivity index (χ4n) is 4.62. The van der Waals surface area contributed by atoms with Crippen LogP contribution >= 0.6 is 0 Å². The molecule has 1 amide bonds. The highest BCUT2D eigenvalue weighted by molar-refractivity contribution is 5.86. The average molecular weight is 399 g/mol. The number of rotatable bonds is 6. The Hall–Kier alpha value is -3.40. The van der Waals surface area contributed by atoms with Crippen LogP contribution in [0.1, 0.15) is 36.0 Å². The molecular formula is C26H25NO3. The maximum Gasteiger partial charge on any atom is 0.326 e. The molecule has 1 aliphatic heterocycles. The highest BCUT2D eigenvalue weighted by Gasteiger charge is 2.42. The van der Waals surface area contributed by atoms with Gasteiger partial charge in [0.15, 0.2) is 0 Å². The minimum Gasteiger partial charge on any atom is -0.480 e. The zero-order valence-electron chi connectivity index (χ0n) is 16.8. The molecule has 0 saturated carbocycles. The van der Waals surface area contributed by atoms with Gasteiger partial charge in [0.2, 0.25) is 5.91 Å². The van der Waals surface area contributed by atoms with Gasteiger partial charge in [0, 0.05) is 13.0 Å². The first-order valence-corrected chi connectivity index (χ1v) is 10.3. The van der Waals surface area contributed by atoms with Crippen LogP contribution in [0.15, 0.2) is 91.0 Å². The molecule has 152 valence electrons. The molecule has 4 rings (SSSR count). The highest BCUT2D eigenvalue weighted by Crippen LogP contribution is 2.43. The van der Waals surface area contributed by atoms with Crippen LogP contribution in [-0.2, 0) is 15.0 Å². The molecule has 0 radical (unpaired) electrons. The quantitative estimate of drug-likeness (QED) is 0.622. The second kappa shape index (κ2) is 8.54. The van der Waals surface area contributed by atoms with Gasteiger partial charge in [-0.2, -0.15) is 0 Å². The normalized spacial score (nSPS) is 16.4. The summed E-state index contributed by atoms with van der Waals surface area (Å²) in [5.74, 6) is -1.05. The van der Waals surface area contributed by atoms with Gasteiger partial charge < -0.3 is 10.0 Å². The lowest BCUT2D eigenvalue weighted by Gasteiger charge is -2.37. The Labute approximate surface area is 176 Å². The van der Waals surface area contributed by atoms with Crippen molar-refractivity contribution >= 4 is 11.9 Å². The summed E-state index contributed by atoms with van der Waals surface area (Å²) in [7, 11) is 0. The van der Waals surface area contributed by atoms with Crippen LogP contribution in [0.25, 0.3) is 0 Å². The van der Waals surface area contributed by atoms with E-state index in [1.54, 1.807) is 4.90 Å². The van der Waals surface area contributed by atoms with E-state index >= 15 is 0 Å². The molecule has 1 atom stereocenters. The Bertz CT molecular complexity index is 906. The van der Waals surface area contributed by atoms with Crippen LogP contribution in [0.5, 0.6) is 0 Å². The molecule has 0 spiro atoms. The molecule has 1 fully saturated rings. The second-order valence-electron chi connectivity index (χ2n) is 7.76. The predicted molar refractivity (Wildman–Crippen MR) is 116 cm³/mol. The zero-order valence-corrected chi connectivity index (χ0v) is 16.8. The van der Waals surface area contributed by atoms with E-state index in [9.17, 15) is 14.7 Å². The highest BCUT2D eigenvalue weighted by atomic mass is 16.4. The number of carboxylic acids is 1. The fraction of sp³-hybridized carbons (Fsp3) is 0.231. The van der Waals surface area contributed by atoms with E-state index in [1.165, 1.54) is 0 Å². The Morgan fingerprint density at radius 2 is 1.23 bits per heavy atom. The Morgan fingerprint density at radius 1 is 0.800 bits per heavy atom. The van der Waals surface area contributed by atoms with Gasteiger partial charge in [-0.15, -0.1) is 0 Å². The minimum absolute atomic E-state index is 0.128. The van der Waals surface area contributed by atoms with Crippen molar-refractivity contribution in [1.29, 1.82) is 0 Å². The predicted octanol–water partition coefficient (Wildman–Crippen LogP) is 4.49. The minimum atomic E-state index is -0.925. The third-order valence-corrected chi connectivity index (χ3v) is 6.07. The molecule has 30 heavy (non-hydrogen) atoms. The summed E-state index contributed by atoms with van der Waals surface area (Å²) in [6, 6.07) is 29.3. The van der Waals surface area contributed by atoms with Crippen LogP contribution in [0.3, 0.4) is 0 Å². The molecule has 1 heterocycles. The average Bonchev–Trinajstić information content (AvgIpc) is 3.30. The SMILES string of the molecule is O=C(O)[C@@H]1CCCN1C(=O)CC(c1ccccc1)(c1ccccc1)c1ccccc1. The van der Waals surface area contributed by atoms with Crippen LogP contribution in [-0.4, -0.2) is 34.5 Å². The summed E-state index contributed by atoms with van der Waals surface area (Å²) in [6.45, 7) is 0.490. The number of carbonyl (C=O) groups excluding carboxylic acids is 1. The molecule has 0 unspecified atom stereocenters. The summed E-state index contributed by atoms with van der Waals surface area (Å²) in [5, 5.41) is 9.59. The van der Waals surface area contributed by atoms with Crippen molar-refractivity contribution in [2.24, 2.45) is 0 Å². The van der Waals surface area contributed by atoms with E-state index in [0.29, 0.717) is 13.0 Å². The van der Waals surface area contributed by atoms with Crippen molar-refractivity contribution in [2.75, 3.05) is 6.54 Å². The first-order valence-electron chi connectivity index (χ1n) is 10.3. The molecule has 1 aliphatic rings. The summed E-state index contributed by atoms with van der Waals surface area (Å²) >= 11 is 0. The largest absolute Gasteiger partial charge is 0.480 e. The van der Waals surface area contributed by atoms with Crippen LogP contribution in [0.2, 0.25) is 0 Å². The molecule has 4 heteroatoms. The van der Waals surface area contributed by atoms with Gasteiger partial charge in [0.05, 0.1) is 5.41 Å². The second-order valence-corrected chi connectivity index (χ2v) is 7.76. The number of nitrogens with zero attached hydrogens (tertiary/aromatic N) is 1. The number of hydrogen-bond donors (Lipinski definition) is 1. The van der Waals surface area contributed by atoms with Crippen LogP contribution < -0.4 is 0 Å². The zero-order chi connectivity index (χ0) is 21.0. The number of amides is 1. The van der Waals surface area contributed by atoms with Gasteiger partial charge in [-0.25, -0.2) is 4.79 Å². The number of carboxylic acid groups (broad SMARTS) is 1. The van der Waals surface area contributed by atoms with Gasteiger partial charge in [0.25, 0.3) is 0 Å². The van der Waals surface area contributed by atoms with Gasteiger partial charge in [0.1, 0.15) is 6.04 Å². The smallest absolute Gasteiger partial charge is 0.326 e. The number of likely N-dealkylation sites (tertiary alicyclic amines) is 1. The van der Waals surface area contributed by atoms with E-state index < -0.39 is 17.4 Å². The van der Waals surface area contributed by atoms with Crippen molar-refractivity contribution in [1.82, 2.24) is 4.90 Å². The van der Waals surface area contributed by atoms with Crippen molar-refractivity contribution in [3.8, 4) is 0 Å². The Kier molecular flexibility index (Phi) is 5.66. The summed E-state index contributed by atoms with van der Waals surface area (Å²) in [5.41, 5.74) is 2.34. The van der Waals surface area contributed by atoms with Crippen molar-refractivity contribution in [3.63, 3.8) is 0 Å². The lowest BCUT2D eigenvalue weighted by atomic mass is 9.67.